The average molecular weight is 307 g/mol. The van der Waals surface area contributed by atoms with E-state index in [0.717, 1.165) is 18.7 Å². The van der Waals surface area contributed by atoms with Gasteiger partial charge in [0.05, 0.1) is 10.7 Å². The first kappa shape index (κ1) is 15.4. The van der Waals surface area contributed by atoms with Gasteiger partial charge in [-0.2, -0.15) is 0 Å². The van der Waals surface area contributed by atoms with Crippen molar-refractivity contribution in [2.45, 2.75) is 32.7 Å². The van der Waals surface area contributed by atoms with Crippen molar-refractivity contribution in [3.63, 3.8) is 0 Å². The third kappa shape index (κ3) is 4.23. The van der Waals surface area contributed by atoms with Gasteiger partial charge in [0.15, 0.2) is 0 Å². The molecule has 0 unspecified atom stereocenters. The van der Waals surface area contributed by atoms with E-state index in [2.05, 4.69) is 17.2 Å². The Bertz CT molecular complexity index is 624. The van der Waals surface area contributed by atoms with Crippen molar-refractivity contribution >= 4 is 28.9 Å². The number of aryl methyl sites for hydroxylation is 2. The second-order valence-electron chi connectivity index (χ2n) is 4.82. The first-order valence-electron chi connectivity index (χ1n) is 6.95. The zero-order valence-corrected chi connectivity index (χ0v) is 12.7. The molecular formula is C15H19ClN4O. The Morgan fingerprint density at radius 3 is 3.00 bits per heavy atom. The van der Waals surface area contributed by atoms with E-state index < -0.39 is 0 Å². The Morgan fingerprint density at radius 1 is 1.48 bits per heavy atom. The number of anilines is 2. The van der Waals surface area contributed by atoms with Crippen LogP contribution in [0.1, 0.15) is 25.6 Å². The molecule has 2 aromatic rings. The maximum Gasteiger partial charge on any atom is 0.226 e. The number of nitrogens with one attached hydrogen (secondary N) is 1. The molecule has 1 aromatic carbocycles. The minimum atomic E-state index is -0.0854. The highest BCUT2D eigenvalue weighted by Crippen LogP contribution is 2.24. The van der Waals surface area contributed by atoms with Crippen molar-refractivity contribution in [1.29, 1.82) is 0 Å². The molecule has 1 amide bonds. The standard InChI is InChI=1S/C15H19ClN4O/c1-2-3-14-18-7-9-20(14)8-6-15(21)19-13-5-4-11(17)10-12(13)16/h4-5,7,9-10H,2-3,6,8,17H2,1H3,(H,19,21). The summed E-state index contributed by atoms with van der Waals surface area (Å²) in [6.45, 7) is 2.71. The Balaban J connectivity index is 1.91. The number of halogens is 1. The molecule has 0 saturated carbocycles. The monoisotopic (exact) mass is 306 g/mol. The predicted octanol–water partition coefficient (Wildman–Crippen LogP) is 3.10. The number of nitrogen functional groups attached to an aromatic ring is 1. The normalized spacial score (nSPS) is 10.6. The van der Waals surface area contributed by atoms with Gasteiger partial charge in [0, 0.05) is 37.5 Å². The molecule has 1 heterocycles. The van der Waals surface area contributed by atoms with Gasteiger partial charge in [0.2, 0.25) is 5.91 Å². The van der Waals surface area contributed by atoms with E-state index in [1.807, 2.05) is 10.8 Å². The van der Waals surface area contributed by atoms with Gasteiger partial charge in [-0.25, -0.2) is 4.98 Å². The number of carbonyl (C=O) groups is 1. The summed E-state index contributed by atoms with van der Waals surface area (Å²) in [5.74, 6) is 0.925. The number of benzene rings is 1. The second kappa shape index (κ2) is 7.13. The van der Waals surface area contributed by atoms with Gasteiger partial charge >= 0.3 is 0 Å². The zero-order chi connectivity index (χ0) is 15.2. The van der Waals surface area contributed by atoms with Crippen LogP contribution in [0.15, 0.2) is 30.6 Å². The number of imidazole rings is 1. The van der Waals surface area contributed by atoms with Crippen molar-refractivity contribution in [2.75, 3.05) is 11.1 Å². The summed E-state index contributed by atoms with van der Waals surface area (Å²) in [6.07, 6.45) is 5.98. The lowest BCUT2D eigenvalue weighted by molar-refractivity contribution is -0.116. The smallest absolute Gasteiger partial charge is 0.226 e. The fourth-order valence-corrected chi connectivity index (χ4v) is 2.30. The zero-order valence-electron chi connectivity index (χ0n) is 12.0. The highest BCUT2D eigenvalue weighted by Gasteiger charge is 2.08. The number of amides is 1. The summed E-state index contributed by atoms with van der Waals surface area (Å²) in [5.41, 5.74) is 6.77. The minimum absolute atomic E-state index is 0.0854. The topological polar surface area (TPSA) is 72.9 Å². The van der Waals surface area contributed by atoms with Crippen LogP contribution in [-0.2, 0) is 17.8 Å². The van der Waals surface area contributed by atoms with Crippen molar-refractivity contribution in [2.24, 2.45) is 0 Å². The van der Waals surface area contributed by atoms with Crippen LogP contribution in [0.4, 0.5) is 11.4 Å². The van der Waals surface area contributed by atoms with Crippen LogP contribution in [-0.4, -0.2) is 15.5 Å². The maximum atomic E-state index is 12.0. The fraction of sp³-hybridized carbons (Fsp3) is 0.333. The van der Waals surface area contributed by atoms with E-state index >= 15 is 0 Å². The lowest BCUT2D eigenvalue weighted by atomic mass is 10.2. The van der Waals surface area contributed by atoms with Crippen molar-refractivity contribution < 1.29 is 4.79 Å². The number of rotatable bonds is 6. The summed E-state index contributed by atoms with van der Waals surface area (Å²) in [5, 5.41) is 3.23. The van der Waals surface area contributed by atoms with Crippen LogP contribution in [0.3, 0.4) is 0 Å². The molecular weight excluding hydrogens is 288 g/mol. The number of nitrogens with zero attached hydrogens (tertiary/aromatic N) is 2. The van der Waals surface area contributed by atoms with Gasteiger partial charge in [-0.3, -0.25) is 4.79 Å². The lowest BCUT2D eigenvalue weighted by Gasteiger charge is -2.09. The molecule has 6 heteroatoms. The highest BCUT2D eigenvalue weighted by atomic mass is 35.5. The van der Waals surface area contributed by atoms with Crippen molar-refractivity contribution in [3.05, 3.63) is 41.4 Å². The minimum Gasteiger partial charge on any atom is -0.399 e. The molecule has 5 nitrogen and oxygen atoms in total. The number of nitrogens with two attached hydrogens (primary N) is 1. The predicted molar refractivity (Wildman–Crippen MR) is 85.3 cm³/mol. The molecule has 112 valence electrons. The van der Waals surface area contributed by atoms with Gasteiger partial charge in [-0.15, -0.1) is 0 Å². The van der Waals surface area contributed by atoms with Crippen LogP contribution in [0, 0.1) is 0 Å². The molecule has 0 aliphatic rings. The summed E-state index contributed by atoms with van der Waals surface area (Å²) in [4.78, 5) is 16.3. The molecule has 0 saturated heterocycles. The fourth-order valence-electron chi connectivity index (χ4n) is 2.06. The summed E-state index contributed by atoms with van der Waals surface area (Å²) in [7, 11) is 0. The molecule has 0 fully saturated rings. The number of hydrogen-bond acceptors (Lipinski definition) is 3. The number of aromatic nitrogens is 2. The van der Waals surface area contributed by atoms with Crippen LogP contribution in [0.5, 0.6) is 0 Å². The molecule has 3 N–H and O–H groups in total. The Labute approximate surface area is 129 Å². The molecule has 0 spiro atoms. The van der Waals surface area contributed by atoms with E-state index in [0.29, 0.717) is 29.4 Å². The molecule has 0 bridgehead atoms. The van der Waals surface area contributed by atoms with E-state index in [4.69, 9.17) is 17.3 Å². The van der Waals surface area contributed by atoms with Gasteiger partial charge in [0.1, 0.15) is 5.82 Å². The molecule has 2 rings (SSSR count). The Kier molecular flexibility index (Phi) is 5.22. The highest BCUT2D eigenvalue weighted by molar-refractivity contribution is 6.34. The Hall–Kier alpha value is -2.01. The van der Waals surface area contributed by atoms with Crippen LogP contribution in [0.2, 0.25) is 5.02 Å². The molecule has 0 atom stereocenters. The van der Waals surface area contributed by atoms with Gasteiger partial charge in [-0.1, -0.05) is 18.5 Å². The van der Waals surface area contributed by atoms with E-state index in [-0.39, 0.29) is 5.91 Å². The van der Waals surface area contributed by atoms with Gasteiger partial charge in [0.25, 0.3) is 0 Å². The lowest BCUT2D eigenvalue weighted by Crippen LogP contribution is -2.15. The maximum absolute atomic E-state index is 12.0. The average Bonchev–Trinajstić information content (AvgIpc) is 2.88. The van der Waals surface area contributed by atoms with E-state index in [9.17, 15) is 4.79 Å². The molecule has 0 radical (unpaired) electrons. The SMILES string of the molecule is CCCc1nccn1CCC(=O)Nc1ccc(N)cc1Cl. The summed E-state index contributed by atoms with van der Waals surface area (Å²) >= 11 is 6.03. The van der Waals surface area contributed by atoms with E-state index in [1.54, 1.807) is 24.4 Å². The second-order valence-corrected chi connectivity index (χ2v) is 5.23. The number of hydrogen-bond donors (Lipinski definition) is 2. The Morgan fingerprint density at radius 2 is 2.29 bits per heavy atom. The van der Waals surface area contributed by atoms with Crippen LogP contribution >= 0.6 is 11.6 Å². The summed E-state index contributed by atoms with van der Waals surface area (Å²) in [6, 6.07) is 5.03. The van der Waals surface area contributed by atoms with Crippen molar-refractivity contribution in [1.82, 2.24) is 9.55 Å². The molecule has 0 aliphatic carbocycles. The largest absolute Gasteiger partial charge is 0.399 e. The third-order valence-corrected chi connectivity index (χ3v) is 3.44. The van der Waals surface area contributed by atoms with Crippen molar-refractivity contribution in [3.8, 4) is 0 Å². The third-order valence-electron chi connectivity index (χ3n) is 3.12. The van der Waals surface area contributed by atoms with Gasteiger partial charge < -0.3 is 15.6 Å². The summed E-state index contributed by atoms with van der Waals surface area (Å²) < 4.78 is 2.01. The van der Waals surface area contributed by atoms with Crippen LogP contribution < -0.4 is 11.1 Å². The first-order valence-corrected chi connectivity index (χ1v) is 7.33. The van der Waals surface area contributed by atoms with Crippen LogP contribution in [0.25, 0.3) is 0 Å². The first-order chi connectivity index (χ1) is 10.1. The number of carbonyl (C=O) groups excluding carboxylic acids is 1. The quantitative estimate of drug-likeness (QED) is 0.805. The molecule has 0 aliphatic heterocycles. The molecule has 21 heavy (non-hydrogen) atoms. The van der Waals surface area contributed by atoms with Gasteiger partial charge in [-0.05, 0) is 24.6 Å². The molecule has 1 aromatic heterocycles. The van der Waals surface area contributed by atoms with E-state index in [1.165, 1.54) is 0 Å².